The zero-order chi connectivity index (χ0) is 22.7. The molecule has 0 rings (SSSR count). The summed E-state index contributed by atoms with van der Waals surface area (Å²) >= 11 is 0. The second-order valence-corrected chi connectivity index (χ2v) is 8.86. The summed E-state index contributed by atoms with van der Waals surface area (Å²) in [5, 5.41) is 0. The lowest BCUT2D eigenvalue weighted by Gasteiger charge is -2.18. The van der Waals surface area contributed by atoms with Crippen LogP contribution in [0.1, 0.15) is 104 Å². The van der Waals surface area contributed by atoms with Gasteiger partial charge in [-0.25, -0.2) is 4.57 Å². The number of carbonyl (C=O) groups excluding carboxylic acids is 2. The molecule has 8 nitrogen and oxygen atoms in total. The van der Waals surface area contributed by atoms with E-state index in [4.69, 9.17) is 19.3 Å². The molecule has 178 valence electrons. The zero-order valence-electron chi connectivity index (χ0n) is 18.7. The summed E-state index contributed by atoms with van der Waals surface area (Å²) in [5.74, 6) is -0.918. The largest absolute Gasteiger partial charge is 0.469 e. The molecule has 0 aliphatic heterocycles. The van der Waals surface area contributed by atoms with Crippen LogP contribution in [0.5, 0.6) is 0 Å². The van der Waals surface area contributed by atoms with E-state index < -0.39 is 32.5 Å². The van der Waals surface area contributed by atoms with Crippen molar-refractivity contribution in [2.45, 2.75) is 110 Å². The van der Waals surface area contributed by atoms with Gasteiger partial charge < -0.3 is 19.3 Å². The third-order valence-electron chi connectivity index (χ3n) is 4.63. The van der Waals surface area contributed by atoms with Crippen LogP contribution in [0.2, 0.25) is 0 Å². The highest BCUT2D eigenvalue weighted by molar-refractivity contribution is 7.46. The molecule has 0 fully saturated rings. The molecule has 0 radical (unpaired) electrons. The van der Waals surface area contributed by atoms with E-state index in [1.807, 2.05) is 6.92 Å². The number of hydrogen-bond donors (Lipinski definition) is 2. The van der Waals surface area contributed by atoms with Gasteiger partial charge in [0.05, 0.1) is 6.61 Å². The molecule has 0 spiro atoms. The Labute approximate surface area is 181 Å². The summed E-state index contributed by atoms with van der Waals surface area (Å²) in [5.41, 5.74) is 0. The van der Waals surface area contributed by atoms with Crippen molar-refractivity contribution in [2.75, 3.05) is 13.2 Å². The van der Waals surface area contributed by atoms with Gasteiger partial charge in [0.25, 0.3) is 0 Å². The van der Waals surface area contributed by atoms with E-state index in [1.165, 1.54) is 32.1 Å². The second-order valence-electron chi connectivity index (χ2n) is 7.62. The normalized spacial score (nSPS) is 12.5. The van der Waals surface area contributed by atoms with Crippen molar-refractivity contribution in [1.82, 2.24) is 0 Å². The van der Waals surface area contributed by atoms with Gasteiger partial charge in [-0.1, -0.05) is 78.1 Å². The first-order valence-electron chi connectivity index (χ1n) is 11.3. The maximum atomic E-state index is 12.0. The first-order valence-corrected chi connectivity index (χ1v) is 12.9. The zero-order valence-corrected chi connectivity index (χ0v) is 19.6. The standard InChI is InChI=1S/C21H41O8P/c1-3-5-7-8-9-10-11-12-14-16-21(23)29-19(18-28-30(24,25)26)17-27-20(22)15-13-6-4-2/h19H,3-18H2,1-2H3,(H2,24,25,26). The topological polar surface area (TPSA) is 119 Å². The van der Waals surface area contributed by atoms with Gasteiger partial charge in [-0.3, -0.25) is 14.1 Å². The second kappa shape index (κ2) is 18.8. The molecule has 0 amide bonds. The maximum absolute atomic E-state index is 12.0. The van der Waals surface area contributed by atoms with E-state index in [-0.39, 0.29) is 19.4 Å². The third kappa shape index (κ3) is 20.3. The quantitative estimate of drug-likeness (QED) is 0.150. The molecule has 30 heavy (non-hydrogen) atoms. The Bertz CT molecular complexity index is 491. The summed E-state index contributed by atoms with van der Waals surface area (Å²) < 4.78 is 25.6. The lowest BCUT2D eigenvalue weighted by Crippen LogP contribution is -2.29. The molecule has 9 heteroatoms. The van der Waals surface area contributed by atoms with E-state index >= 15 is 0 Å². The Morgan fingerprint density at radius 3 is 1.77 bits per heavy atom. The van der Waals surface area contributed by atoms with Crippen LogP contribution in [-0.2, 0) is 28.2 Å². The molecule has 2 N–H and O–H groups in total. The summed E-state index contributed by atoms with van der Waals surface area (Å²) in [4.78, 5) is 41.4. The number of rotatable bonds is 20. The first kappa shape index (κ1) is 29.1. The molecule has 0 bridgehead atoms. The van der Waals surface area contributed by atoms with Gasteiger partial charge in [0.15, 0.2) is 6.10 Å². The van der Waals surface area contributed by atoms with E-state index in [9.17, 15) is 14.2 Å². The van der Waals surface area contributed by atoms with Crippen molar-refractivity contribution in [2.24, 2.45) is 0 Å². The number of ether oxygens (including phenoxy) is 2. The van der Waals surface area contributed by atoms with Crippen molar-refractivity contribution < 1.29 is 37.9 Å². The van der Waals surface area contributed by atoms with Crippen molar-refractivity contribution in [3.63, 3.8) is 0 Å². The highest BCUT2D eigenvalue weighted by atomic mass is 31.2. The summed E-state index contributed by atoms with van der Waals surface area (Å²) in [6, 6.07) is 0. The highest BCUT2D eigenvalue weighted by Gasteiger charge is 2.22. The summed E-state index contributed by atoms with van der Waals surface area (Å²) in [6.45, 7) is 3.40. The molecule has 1 atom stereocenters. The highest BCUT2D eigenvalue weighted by Crippen LogP contribution is 2.35. The first-order chi connectivity index (χ1) is 14.3. The number of carbonyl (C=O) groups is 2. The number of hydrogen-bond acceptors (Lipinski definition) is 6. The van der Waals surface area contributed by atoms with Crippen LogP contribution in [0.3, 0.4) is 0 Å². The Hall–Kier alpha value is -0.950. The minimum Gasteiger partial charge on any atom is -0.462 e. The van der Waals surface area contributed by atoms with Crippen LogP contribution in [0, 0.1) is 0 Å². The molecule has 0 heterocycles. The monoisotopic (exact) mass is 452 g/mol. The Morgan fingerprint density at radius 1 is 0.733 bits per heavy atom. The van der Waals surface area contributed by atoms with Crippen molar-refractivity contribution >= 4 is 19.8 Å². The summed E-state index contributed by atoms with van der Waals surface area (Å²) in [7, 11) is -4.71. The Morgan fingerprint density at radius 2 is 1.20 bits per heavy atom. The van der Waals surface area contributed by atoms with Crippen molar-refractivity contribution in [3.8, 4) is 0 Å². The minimum absolute atomic E-state index is 0.215. The molecule has 0 aromatic heterocycles. The number of unbranched alkanes of at least 4 members (excludes halogenated alkanes) is 10. The number of phosphoric ester groups is 1. The molecule has 1 unspecified atom stereocenters. The smallest absolute Gasteiger partial charge is 0.462 e. The maximum Gasteiger partial charge on any atom is 0.469 e. The van der Waals surface area contributed by atoms with Gasteiger partial charge in [-0.15, -0.1) is 0 Å². The average molecular weight is 453 g/mol. The molecule has 0 saturated carbocycles. The van der Waals surface area contributed by atoms with Gasteiger partial charge in [-0.2, -0.15) is 0 Å². The average Bonchev–Trinajstić information content (AvgIpc) is 2.68. The van der Waals surface area contributed by atoms with Gasteiger partial charge in [0, 0.05) is 12.8 Å². The predicted molar refractivity (Wildman–Crippen MR) is 115 cm³/mol. The van der Waals surface area contributed by atoms with Gasteiger partial charge in [0.1, 0.15) is 6.61 Å². The van der Waals surface area contributed by atoms with Crippen LogP contribution in [-0.4, -0.2) is 41.0 Å². The Kier molecular flexibility index (Phi) is 18.2. The molecule has 0 aliphatic rings. The van der Waals surface area contributed by atoms with Gasteiger partial charge in [-0.05, 0) is 12.8 Å². The lowest BCUT2D eigenvalue weighted by molar-refractivity contribution is -0.161. The van der Waals surface area contributed by atoms with Crippen molar-refractivity contribution in [1.29, 1.82) is 0 Å². The van der Waals surface area contributed by atoms with Crippen LogP contribution >= 0.6 is 7.82 Å². The van der Waals surface area contributed by atoms with Crippen LogP contribution < -0.4 is 0 Å². The lowest BCUT2D eigenvalue weighted by atomic mass is 10.1. The number of esters is 2. The Balaban J connectivity index is 4.13. The predicted octanol–water partition coefficient (Wildman–Crippen LogP) is 5.05. The molecule has 0 saturated heterocycles. The van der Waals surface area contributed by atoms with E-state index in [0.717, 1.165) is 32.1 Å². The molecule has 0 aromatic rings. The molecule has 0 aromatic carbocycles. The van der Waals surface area contributed by atoms with Crippen LogP contribution in [0.4, 0.5) is 0 Å². The van der Waals surface area contributed by atoms with Gasteiger partial charge >= 0.3 is 19.8 Å². The third-order valence-corrected chi connectivity index (χ3v) is 5.11. The fourth-order valence-electron chi connectivity index (χ4n) is 2.90. The molecular formula is C21H41O8P. The van der Waals surface area contributed by atoms with E-state index in [0.29, 0.717) is 12.8 Å². The minimum atomic E-state index is -4.71. The van der Waals surface area contributed by atoms with Crippen LogP contribution in [0.25, 0.3) is 0 Å². The fraction of sp³-hybridized carbons (Fsp3) is 0.905. The summed E-state index contributed by atoms with van der Waals surface area (Å²) in [6.07, 6.45) is 12.1. The number of phosphoric acid groups is 1. The fourth-order valence-corrected chi connectivity index (χ4v) is 3.26. The molecular weight excluding hydrogens is 411 g/mol. The molecule has 0 aliphatic carbocycles. The van der Waals surface area contributed by atoms with Crippen molar-refractivity contribution in [3.05, 3.63) is 0 Å². The SMILES string of the molecule is CCCCCCCCCCCC(=O)OC(COC(=O)CCCCC)COP(=O)(O)O. The van der Waals surface area contributed by atoms with Gasteiger partial charge in [0.2, 0.25) is 0 Å². The van der Waals surface area contributed by atoms with E-state index in [2.05, 4.69) is 11.4 Å². The van der Waals surface area contributed by atoms with E-state index in [1.54, 1.807) is 0 Å². The van der Waals surface area contributed by atoms with Crippen LogP contribution in [0.15, 0.2) is 0 Å².